The number of fused-ring (bicyclic) bond motifs is 1. The van der Waals surface area contributed by atoms with Crippen LogP contribution < -0.4 is 4.72 Å². The second kappa shape index (κ2) is 6.40. The zero-order valence-electron chi connectivity index (χ0n) is 15.8. The van der Waals surface area contributed by atoms with Gasteiger partial charge in [-0.2, -0.15) is 0 Å². The van der Waals surface area contributed by atoms with Gasteiger partial charge in [-0.3, -0.25) is 4.57 Å². The highest BCUT2D eigenvalue weighted by Gasteiger charge is 2.41. The maximum Gasteiger partial charge on any atom is 0.416 e. The first-order chi connectivity index (χ1) is 13.1. The number of hydrogen-bond acceptors (Lipinski definition) is 5. The van der Waals surface area contributed by atoms with Crippen molar-refractivity contribution in [3.8, 4) is 0 Å². The first-order valence-electron chi connectivity index (χ1n) is 8.92. The van der Waals surface area contributed by atoms with Crippen LogP contribution in [0.4, 0.5) is 4.79 Å². The molecule has 1 fully saturated rings. The van der Waals surface area contributed by atoms with Gasteiger partial charge in [0.05, 0.1) is 21.1 Å². The number of hydrogen-bond donors (Lipinski definition) is 2. The first kappa shape index (κ1) is 19.1. The van der Waals surface area contributed by atoms with E-state index in [-0.39, 0.29) is 4.90 Å². The van der Waals surface area contributed by atoms with Crippen LogP contribution in [0.15, 0.2) is 29.3 Å². The molecule has 9 heteroatoms. The van der Waals surface area contributed by atoms with Crippen LogP contribution in [0, 0.1) is 13.8 Å². The fraction of sp³-hybridized carbons (Fsp3) is 0.368. The Hall–Kier alpha value is -2.23. The topological polar surface area (TPSA) is 101 Å². The lowest BCUT2D eigenvalue weighted by molar-refractivity contribution is 0.197. The summed E-state index contributed by atoms with van der Waals surface area (Å²) in [6.45, 7) is 5.73. The van der Waals surface area contributed by atoms with Crippen molar-refractivity contribution in [1.82, 2.24) is 14.3 Å². The molecule has 2 aromatic heterocycles. The Labute approximate surface area is 167 Å². The van der Waals surface area contributed by atoms with Gasteiger partial charge >= 0.3 is 6.09 Å². The molecule has 148 valence electrons. The lowest BCUT2D eigenvalue weighted by Crippen LogP contribution is -2.34. The highest BCUT2D eigenvalue weighted by Crippen LogP contribution is 2.36. The van der Waals surface area contributed by atoms with Crippen LogP contribution in [0.1, 0.15) is 40.9 Å². The molecule has 7 nitrogen and oxygen atoms in total. The van der Waals surface area contributed by atoms with Crippen LogP contribution in [-0.4, -0.2) is 34.7 Å². The number of rotatable bonds is 5. The molecule has 1 saturated carbocycles. The van der Waals surface area contributed by atoms with Crippen LogP contribution in [0.25, 0.3) is 10.9 Å². The summed E-state index contributed by atoms with van der Waals surface area (Å²) >= 11 is 1.58. The normalized spacial score (nSPS) is 15.8. The molecule has 1 aromatic carbocycles. The van der Waals surface area contributed by atoms with Crippen molar-refractivity contribution in [2.75, 3.05) is 0 Å². The van der Waals surface area contributed by atoms with Crippen molar-refractivity contribution in [2.45, 2.75) is 50.5 Å². The summed E-state index contributed by atoms with van der Waals surface area (Å²) in [5.74, 6) is 0. The highest BCUT2D eigenvalue weighted by molar-refractivity contribution is 7.89. The number of carboxylic acid groups (broad SMARTS) is 1. The predicted molar refractivity (Wildman–Crippen MR) is 108 cm³/mol. The first-order valence-corrected chi connectivity index (χ1v) is 11.2. The van der Waals surface area contributed by atoms with Gasteiger partial charge in [0.25, 0.3) is 0 Å². The minimum Gasteiger partial charge on any atom is -0.464 e. The van der Waals surface area contributed by atoms with E-state index in [0.29, 0.717) is 11.9 Å². The second-order valence-corrected chi connectivity index (χ2v) is 10.5. The number of nitrogens with one attached hydrogen (secondary N) is 1. The molecule has 1 aliphatic carbocycles. The van der Waals surface area contributed by atoms with Gasteiger partial charge in [-0.15, -0.1) is 11.3 Å². The molecule has 2 N–H and O–H groups in total. The highest BCUT2D eigenvalue weighted by atomic mass is 32.2. The standard InChI is InChI=1S/C19H21N3O4S2/c1-11-17(27-12(2)20-11)8-13-10-22(18(23)24)16-9-14(4-5-15(13)16)28(25,26)21-19(3)6-7-19/h4-5,9-10,21H,6-8H2,1-3H3,(H,23,24). The summed E-state index contributed by atoms with van der Waals surface area (Å²) in [6, 6.07) is 4.67. The second-order valence-electron chi connectivity index (χ2n) is 7.57. The van der Waals surface area contributed by atoms with Crippen LogP contribution in [0.5, 0.6) is 0 Å². The summed E-state index contributed by atoms with van der Waals surface area (Å²) in [4.78, 5) is 17.3. The Morgan fingerprint density at radius 3 is 2.64 bits per heavy atom. The van der Waals surface area contributed by atoms with Crippen molar-refractivity contribution < 1.29 is 18.3 Å². The molecule has 4 rings (SSSR count). The monoisotopic (exact) mass is 419 g/mol. The third-order valence-electron chi connectivity index (χ3n) is 5.11. The van der Waals surface area contributed by atoms with Gasteiger partial charge in [-0.1, -0.05) is 6.07 Å². The Morgan fingerprint density at radius 1 is 1.36 bits per heavy atom. The van der Waals surface area contributed by atoms with E-state index in [4.69, 9.17) is 0 Å². The molecular weight excluding hydrogens is 398 g/mol. The van der Waals surface area contributed by atoms with Crippen molar-refractivity contribution >= 4 is 38.4 Å². The molecule has 0 saturated heterocycles. The Kier molecular flexibility index (Phi) is 4.36. The third kappa shape index (κ3) is 3.45. The number of sulfonamides is 1. The average Bonchev–Trinajstić information content (AvgIpc) is 3.07. The maximum absolute atomic E-state index is 12.7. The SMILES string of the molecule is Cc1nc(C)c(Cc2cn(C(=O)O)c3cc(S(=O)(=O)NC4(C)CC4)ccc23)s1. The predicted octanol–water partition coefficient (Wildman–Crippen LogP) is 3.66. The molecule has 0 aliphatic heterocycles. The Bertz CT molecular complexity index is 1200. The number of benzene rings is 1. The van der Waals surface area contributed by atoms with Gasteiger partial charge in [0.1, 0.15) is 0 Å². The fourth-order valence-electron chi connectivity index (χ4n) is 3.33. The van der Waals surface area contributed by atoms with E-state index in [1.807, 2.05) is 20.8 Å². The molecule has 28 heavy (non-hydrogen) atoms. The number of aromatic nitrogens is 2. The molecule has 2 heterocycles. The van der Waals surface area contributed by atoms with Crippen LogP contribution in [0.3, 0.4) is 0 Å². The number of nitrogens with zero attached hydrogens (tertiary/aromatic N) is 2. The average molecular weight is 420 g/mol. The molecule has 0 amide bonds. The minimum absolute atomic E-state index is 0.0742. The van der Waals surface area contributed by atoms with Gasteiger partial charge in [-0.25, -0.2) is 22.9 Å². The van der Waals surface area contributed by atoms with Crippen molar-refractivity contribution in [1.29, 1.82) is 0 Å². The van der Waals surface area contributed by atoms with E-state index in [1.165, 1.54) is 12.1 Å². The van der Waals surface area contributed by atoms with Crippen LogP contribution in [0.2, 0.25) is 0 Å². The Morgan fingerprint density at radius 2 is 2.07 bits per heavy atom. The summed E-state index contributed by atoms with van der Waals surface area (Å²) in [7, 11) is -3.71. The fourth-order valence-corrected chi connectivity index (χ4v) is 5.77. The number of aryl methyl sites for hydroxylation is 2. The van der Waals surface area contributed by atoms with E-state index < -0.39 is 21.7 Å². The molecule has 0 spiro atoms. The largest absolute Gasteiger partial charge is 0.464 e. The summed E-state index contributed by atoms with van der Waals surface area (Å²) < 4.78 is 29.2. The zero-order chi connectivity index (χ0) is 20.3. The Balaban J connectivity index is 1.79. The maximum atomic E-state index is 12.7. The van der Waals surface area contributed by atoms with E-state index in [9.17, 15) is 18.3 Å². The van der Waals surface area contributed by atoms with Crippen molar-refractivity contribution in [3.05, 3.63) is 45.5 Å². The van der Waals surface area contributed by atoms with E-state index in [1.54, 1.807) is 23.6 Å². The van der Waals surface area contributed by atoms with Gasteiger partial charge in [0.2, 0.25) is 10.0 Å². The van der Waals surface area contributed by atoms with Gasteiger partial charge in [0.15, 0.2) is 0 Å². The van der Waals surface area contributed by atoms with Crippen molar-refractivity contribution in [2.24, 2.45) is 0 Å². The summed E-state index contributed by atoms with van der Waals surface area (Å²) in [5.41, 5.74) is 1.73. The van der Waals surface area contributed by atoms with Crippen LogP contribution >= 0.6 is 11.3 Å². The molecule has 0 atom stereocenters. The smallest absolute Gasteiger partial charge is 0.416 e. The van der Waals surface area contributed by atoms with E-state index in [2.05, 4.69) is 9.71 Å². The van der Waals surface area contributed by atoms with Gasteiger partial charge < -0.3 is 5.11 Å². The summed E-state index contributed by atoms with van der Waals surface area (Å²) in [6.07, 6.45) is 2.57. The van der Waals surface area contributed by atoms with Crippen LogP contribution in [-0.2, 0) is 16.4 Å². The van der Waals surface area contributed by atoms with E-state index >= 15 is 0 Å². The number of thiazole rings is 1. The lowest BCUT2D eigenvalue weighted by Gasteiger charge is -2.12. The molecule has 0 bridgehead atoms. The summed E-state index contributed by atoms with van der Waals surface area (Å²) in [5, 5.41) is 11.3. The van der Waals surface area contributed by atoms with Crippen molar-refractivity contribution in [3.63, 3.8) is 0 Å². The number of carbonyl (C=O) groups is 1. The zero-order valence-corrected chi connectivity index (χ0v) is 17.4. The molecular formula is C19H21N3O4S2. The molecule has 3 aromatic rings. The van der Waals surface area contributed by atoms with E-state index in [0.717, 1.165) is 43.9 Å². The quantitative estimate of drug-likeness (QED) is 0.657. The molecule has 1 aliphatic rings. The third-order valence-corrected chi connectivity index (χ3v) is 7.82. The van der Waals surface area contributed by atoms with Gasteiger partial charge in [-0.05, 0) is 51.3 Å². The minimum atomic E-state index is -3.71. The lowest BCUT2D eigenvalue weighted by atomic mass is 10.1. The van der Waals surface area contributed by atoms with Gasteiger partial charge in [0, 0.05) is 28.4 Å². The molecule has 0 unspecified atom stereocenters. The molecule has 0 radical (unpaired) electrons.